The number of nitrogens with one attached hydrogen (secondary N) is 1. The first kappa shape index (κ1) is 17.1. The molecule has 2 fully saturated rings. The maximum atomic E-state index is 12.8. The molecule has 0 spiro atoms. The highest BCUT2D eigenvalue weighted by molar-refractivity contribution is 7.89. The molecule has 1 aromatic heterocycles. The van der Waals surface area contributed by atoms with Crippen molar-refractivity contribution in [2.45, 2.75) is 23.5 Å². The minimum absolute atomic E-state index is 0.135. The molecule has 8 heteroatoms. The molecule has 2 aromatic rings. The van der Waals surface area contributed by atoms with Gasteiger partial charge >= 0.3 is 0 Å². The van der Waals surface area contributed by atoms with Crippen LogP contribution in [-0.2, 0) is 19.6 Å². The van der Waals surface area contributed by atoms with Crippen LogP contribution in [0.15, 0.2) is 59.8 Å². The number of nitrogens with zero attached hydrogens (tertiary/aromatic N) is 2. The number of fused-ring (bicyclic) bond motifs is 2. The van der Waals surface area contributed by atoms with E-state index in [1.54, 1.807) is 6.07 Å². The van der Waals surface area contributed by atoms with Crippen LogP contribution in [0.5, 0.6) is 0 Å². The van der Waals surface area contributed by atoms with Gasteiger partial charge < -0.3 is 10.1 Å². The van der Waals surface area contributed by atoms with E-state index >= 15 is 0 Å². The van der Waals surface area contributed by atoms with Gasteiger partial charge in [0.25, 0.3) is 0 Å². The highest BCUT2D eigenvalue weighted by atomic mass is 32.2. The van der Waals surface area contributed by atoms with Gasteiger partial charge in [-0.3, -0.25) is 9.78 Å². The van der Waals surface area contributed by atoms with E-state index < -0.39 is 16.1 Å². The second kappa shape index (κ2) is 6.79. The van der Waals surface area contributed by atoms with Crippen molar-refractivity contribution in [3.8, 4) is 0 Å². The number of anilines is 1. The lowest BCUT2D eigenvalue weighted by molar-refractivity contribution is -0.122. The Labute approximate surface area is 152 Å². The molecule has 0 unspecified atom stereocenters. The van der Waals surface area contributed by atoms with E-state index in [2.05, 4.69) is 10.3 Å². The average Bonchev–Trinajstić information content (AvgIpc) is 2.97. The van der Waals surface area contributed by atoms with Crippen LogP contribution < -0.4 is 5.32 Å². The van der Waals surface area contributed by atoms with Gasteiger partial charge in [-0.25, -0.2) is 8.42 Å². The minimum Gasteiger partial charge on any atom is -0.371 e. The molecule has 1 amide bonds. The van der Waals surface area contributed by atoms with Crippen molar-refractivity contribution in [2.75, 3.05) is 18.4 Å². The standard InChI is InChI=1S/C18H19N3O4S/c22-18(20-13-5-2-1-3-6-13)16-9-14-11-21(12-17(16)25-14)26(23,24)15-7-4-8-19-10-15/h1-8,10,14,16-17H,9,11-12H2,(H,20,22)/t14-,16+,17-/m0/s1. The molecule has 136 valence electrons. The molecule has 3 atom stereocenters. The van der Waals surface area contributed by atoms with Gasteiger partial charge in [-0.05, 0) is 30.7 Å². The van der Waals surface area contributed by atoms with Crippen molar-refractivity contribution >= 4 is 21.6 Å². The van der Waals surface area contributed by atoms with Crippen LogP contribution >= 0.6 is 0 Å². The molecule has 0 radical (unpaired) electrons. The largest absolute Gasteiger partial charge is 0.371 e. The molecule has 7 nitrogen and oxygen atoms in total. The summed E-state index contributed by atoms with van der Waals surface area (Å²) in [5.41, 5.74) is 0.721. The van der Waals surface area contributed by atoms with Crippen molar-refractivity contribution in [1.29, 1.82) is 0 Å². The van der Waals surface area contributed by atoms with E-state index in [9.17, 15) is 13.2 Å². The summed E-state index contributed by atoms with van der Waals surface area (Å²) in [6, 6.07) is 12.3. The number of aromatic nitrogens is 1. The summed E-state index contributed by atoms with van der Waals surface area (Å²) in [4.78, 5) is 16.7. The van der Waals surface area contributed by atoms with Gasteiger partial charge in [0.15, 0.2) is 0 Å². The number of benzene rings is 1. The number of pyridine rings is 1. The Kier molecular flexibility index (Phi) is 4.47. The number of para-hydroxylation sites is 1. The summed E-state index contributed by atoms with van der Waals surface area (Å²) in [6.45, 7) is 0.420. The lowest BCUT2D eigenvalue weighted by atomic mass is 9.99. The van der Waals surface area contributed by atoms with Crippen molar-refractivity contribution < 1.29 is 17.9 Å². The van der Waals surface area contributed by atoms with Crippen LogP contribution in [0.4, 0.5) is 5.69 Å². The summed E-state index contributed by atoms with van der Waals surface area (Å²) >= 11 is 0. The molecule has 2 bridgehead atoms. The first-order valence-corrected chi connectivity index (χ1v) is 9.89. The maximum Gasteiger partial charge on any atom is 0.244 e. The van der Waals surface area contributed by atoms with Crippen LogP contribution in [-0.4, -0.2) is 48.9 Å². The van der Waals surface area contributed by atoms with Crippen molar-refractivity contribution in [3.05, 3.63) is 54.9 Å². The zero-order valence-electron chi connectivity index (χ0n) is 14.0. The van der Waals surface area contributed by atoms with Crippen LogP contribution in [0.2, 0.25) is 0 Å². The fourth-order valence-electron chi connectivity index (χ4n) is 3.50. The van der Waals surface area contributed by atoms with Gasteiger partial charge in [-0.1, -0.05) is 18.2 Å². The van der Waals surface area contributed by atoms with Gasteiger partial charge in [0, 0.05) is 31.2 Å². The molecular formula is C18H19N3O4S. The molecule has 0 aliphatic carbocycles. The zero-order valence-corrected chi connectivity index (χ0v) is 14.8. The number of rotatable bonds is 4. The Balaban J connectivity index is 1.49. The molecule has 0 saturated carbocycles. The first-order valence-electron chi connectivity index (χ1n) is 8.45. The predicted molar refractivity (Wildman–Crippen MR) is 94.8 cm³/mol. The number of amides is 1. The van der Waals surface area contributed by atoms with Crippen LogP contribution in [0.3, 0.4) is 0 Å². The number of carbonyl (C=O) groups is 1. The highest BCUT2D eigenvalue weighted by Gasteiger charge is 2.47. The average molecular weight is 373 g/mol. The Bertz CT molecular complexity index is 889. The van der Waals surface area contributed by atoms with E-state index in [0.717, 1.165) is 5.69 Å². The molecule has 26 heavy (non-hydrogen) atoms. The summed E-state index contributed by atoms with van der Waals surface area (Å²) in [6.07, 6.45) is 2.68. The number of ether oxygens (including phenoxy) is 1. The fraction of sp³-hybridized carbons (Fsp3) is 0.333. The Hall–Kier alpha value is -2.29. The minimum atomic E-state index is -3.64. The Morgan fingerprint density at radius 2 is 1.96 bits per heavy atom. The molecule has 2 aliphatic rings. The van der Waals surface area contributed by atoms with Gasteiger partial charge in [0.05, 0.1) is 18.1 Å². The molecule has 2 aliphatic heterocycles. The molecular weight excluding hydrogens is 354 g/mol. The van der Waals surface area contributed by atoms with E-state index in [1.165, 1.54) is 22.8 Å². The lowest BCUT2D eigenvalue weighted by Gasteiger charge is -2.31. The second-order valence-electron chi connectivity index (χ2n) is 6.50. The number of sulfonamides is 1. The third-order valence-electron chi connectivity index (χ3n) is 4.77. The normalized spacial score (nSPS) is 25.8. The lowest BCUT2D eigenvalue weighted by Crippen LogP contribution is -2.47. The predicted octanol–water partition coefficient (Wildman–Crippen LogP) is 1.50. The molecule has 1 aromatic carbocycles. The third kappa shape index (κ3) is 3.23. The van der Waals surface area contributed by atoms with Crippen LogP contribution in [0.25, 0.3) is 0 Å². The summed E-state index contributed by atoms with van der Waals surface area (Å²) in [7, 11) is -3.64. The first-order chi connectivity index (χ1) is 12.5. The summed E-state index contributed by atoms with van der Waals surface area (Å²) in [5.74, 6) is -0.501. The van der Waals surface area contributed by atoms with E-state index in [-0.39, 0.29) is 35.9 Å². The van der Waals surface area contributed by atoms with Gasteiger partial charge in [0.1, 0.15) is 4.90 Å². The number of hydrogen-bond acceptors (Lipinski definition) is 5. The van der Waals surface area contributed by atoms with Crippen molar-refractivity contribution in [2.24, 2.45) is 5.92 Å². The SMILES string of the molecule is O=C(Nc1ccccc1)[C@@H]1C[C@H]2CN(S(=O)(=O)c3cccnc3)C[C@@H]1O2. The highest BCUT2D eigenvalue weighted by Crippen LogP contribution is 2.34. The number of morpholine rings is 1. The maximum absolute atomic E-state index is 12.8. The number of hydrogen-bond donors (Lipinski definition) is 1. The van der Waals surface area contributed by atoms with E-state index in [4.69, 9.17) is 4.74 Å². The van der Waals surface area contributed by atoms with Gasteiger partial charge in [0.2, 0.25) is 15.9 Å². The topological polar surface area (TPSA) is 88.6 Å². The van der Waals surface area contributed by atoms with Crippen LogP contribution in [0.1, 0.15) is 6.42 Å². The summed E-state index contributed by atoms with van der Waals surface area (Å²) in [5, 5.41) is 2.88. The molecule has 2 saturated heterocycles. The van der Waals surface area contributed by atoms with E-state index in [1.807, 2.05) is 30.3 Å². The zero-order chi connectivity index (χ0) is 18.1. The Morgan fingerprint density at radius 1 is 1.15 bits per heavy atom. The van der Waals surface area contributed by atoms with Crippen molar-refractivity contribution in [1.82, 2.24) is 9.29 Å². The van der Waals surface area contributed by atoms with Gasteiger partial charge in [-0.15, -0.1) is 0 Å². The second-order valence-corrected chi connectivity index (χ2v) is 8.44. The number of carbonyl (C=O) groups excluding carboxylic acids is 1. The monoisotopic (exact) mass is 373 g/mol. The third-order valence-corrected chi connectivity index (χ3v) is 6.59. The smallest absolute Gasteiger partial charge is 0.244 e. The molecule has 4 rings (SSSR count). The molecule has 1 N–H and O–H groups in total. The summed E-state index contributed by atoms with van der Waals surface area (Å²) < 4.78 is 32.9. The van der Waals surface area contributed by atoms with Crippen LogP contribution in [0, 0.1) is 5.92 Å². The fourth-order valence-corrected chi connectivity index (χ4v) is 4.95. The van der Waals surface area contributed by atoms with Crippen molar-refractivity contribution in [3.63, 3.8) is 0 Å². The van der Waals surface area contributed by atoms with E-state index in [0.29, 0.717) is 6.42 Å². The van der Waals surface area contributed by atoms with Gasteiger partial charge in [-0.2, -0.15) is 4.31 Å². The quantitative estimate of drug-likeness (QED) is 0.877. The Morgan fingerprint density at radius 3 is 2.69 bits per heavy atom. The molecule has 3 heterocycles.